The van der Waals surface area contributed by atoms with Crippen LogP contribution in [0.2, 0.25) is 0 Å². The van der Waals surface area contributed by atoms with E-state index in [-0.39, 0.29) is 23.1 Å². The molecular formula is C16H24N2O6S. The summed E-state index contributed by atoms with van der Waals surface area (Å²) >= 11 is 0. The Labute approximate surface area is 147 Å². The van der Waals surface area contributed by atoms with E-state index in [4.69, 9.17) is 9.47 Å². The van der Waals surface area contributed by atoms with Crippen LogP contribution >= 0.6 is 0 Å². The second-order valence-electron chi connectivity index (χ2n) is 5.77. The smallest absolute Gasteiger partial charge is 0.337 e. The summed E-state index contributed by atoms with van der Waals surface area (Å²) in [5.74, 6) is -1.19. The maximum Gasteiger partial charge on any atom is 0.337 e. The topological polar surface area (TPSA) is 114 Å². The van der Waals surface area contributed by atoms with Gasteiger partial charge in [-0.15, -0.1) is 0 Å². The minimum absolute atomic E-state index is 0.0784. The van der Waals surface area contributed by atoms with Crippen molar-refractivity contribution in [2.45, 2.75) is 30.3 Å². The van der Waals surface area contributed by atoms with Crippen molar-refractivity contribution in [3.63, 3.8) is 0 Å². The molecule has 3 N–H and O–H groups in total. The Bertz CT molecular complexity index is 686. The number of nitrogens with one attached hydrogen (secondary N) is 2. The molecule has 1 aromatic carbocycles. The number of hydrogen-bond acceptors (Lipinski definition) is 6. The number of sulfonamides is 1. The molecule has 0 radical (unpaired) electrons. The van der Waals surface area contributed by atoms with Crippen molar-refractivity contribution in [1.82, 2.24) is 4.72 Å². The first kappa shape index (κ1) is 19.6. The zero-order valence-electron chi connectivity index (χ0n) is 14.2. The fourth-order valence-corrected chi connectivity index (χ4v) is 3.64. The highest BCUT2D eigenvalue weighted by Gasteiger charge is 2.22. The fourth-order valence-electron chi connectivity index (χ4n) is 2.55. The van der Waals surface area contributed by atoms with Crippen LogP contribution < -0.4 is 10.0 Å². The molecule has 9 heteroatoms. The molecule has 0 bridgehead atoms. The molecule has 0 spiro atoms. The van der Waals surface area contributed by atoms with Gasteiger partial charge in [-0.3, -0.25) is 0 Å². The SMILES string of the molecule is COCCCNc1ccc(S(=O)(=O)NC[C@@H]2CCCO2)cc1C(=O)O. The molecular weight excluding hydrogens is 348 g/mol. The number of methoxy groups -OCH3 is 1. The van der Waals surface area contributed by atoms with Crippen LogP contribution in [0.4, 0.5) is 5.69 Å². The number of carbonyl (C=O) groups is 1. The first-order valence-electron chi connectivity index (χ1n) is 8.15. The number of rotatable bonds is 10. The Balaban J connectivity index is 2.09. The third kappa shape index (κ3) is 5.67. The number of benzene rings is 1. The molecule has 1 atom stereocenters. The van der Waals surface area contributed by atoms with Crippen LogP contribution in [0.25, 0.3) is 0 Å². The summed E-state index contributed by atoms with van der Waals surface area (Å²) in [4.78, 5) is 11.4. The first-order valence-corrected chi connectivity index (χ1v) is 9.64. The lowest BCUT2D eigenvalue weighted by molar-refractivity contribution is 0.0697. The van der Waals surface area contributed by atoms with Gasteiger partial charge in [0.15, 0.2) is 0 Å². The average Bonchev–Trinajstić information content (AvgIpc) is 3.10. The van der Waals surface area contributed by atoms with Crippen molar-refractivity contribution in [3.8, 4) is 0 Å². The van der Waals surface area contributed by atoms with Crippen LogP contribution in [0.1, 0.15) is 29.6 Å². The van der Waals surface area contributed by atoms with E-state index in [2.05, 4.69) is 10.0 Å². The van der Waals surface area contributed by atoms with Gasteiger partial charge in [-0.2, -0.15) is 0 Å². The van der Waals surface area contributed by atoms with Crippen molar-refractivity contribution in [2.75, 3.05) is 38.7 Å². The Morgan fingerprint density at radius 1 is 1.44 bits per heavy atom. The Kier molecular flexibility index (Phi) is 7.18. The molecule has 25 heavy (non-hydrogen) atoms. The Morgan fingerprint density at radius 2 is 2.24 bits per heavy atom. The summed E-state index contributed by atoms with van der Waals surface area (Å²) in [5, 5.41) is 12.3. The van der Waals surface area contributed by atoms with Crippen molar-refractivity contribution in [1.29, 1.82) is 0 Å². The van der Waals surface area contributed by atoms with Crippen molar-refractivity contribution < 1.29 is 27.8 Å². The lowest BCUT2D eigenvalue weighted by atomic mass is 10.2. The van der Waals surface area contributed by atoms with E-state index in [1.54, 1.807) is 7.11 Å². The summed E-state index contributed by atoms with van der Waals surface area (Å²) in [6.45, 7) is 1.90. The van der Waals surface area contributed by atoms with Crippen LogP contribution in [-0.2, 0) is 19.5 Å². The van der Waals surface area contributed by atoms with Crippen LogP contribution in [0.3, 0.4) is 0 Å². The highest BCUT2D eigenvalue weighted by molar-refractivity contribution is 7.89. The molecule has 0 amide bonds. The lowest BCUT2D eigenvalue weighted by Crippen LogP contribution is -2.32. The van der Waals surface area contributed by atoms with E-state index in [0.717, 1.165) is 12.8 Å². The van der Waals surface area contributed by atoms with Gasteiger partial charge in [0.05, 0.1) is 16.6 Å². The molecule has 1 fully saturated rings. The maximum absolute atomic E-state index is 12.4. The summed E-state index contributed by atoms with van der Waals surface area (Å²) in [7, 11) is -2.20. The molecule has 1 heterocycles. The van der Waals surface area contributed by atoms with Crippen molar-refractivity contribution in [2.24, 2.45) is 0 Å². The molecule has 0 unspecified atom stereocenters. The number of carboxylic acids is 1. The number of hydrogen-bond donors (Lipinski definition) is 3. The predicted octanol–water partition coefficient (Wildman–Crippen LogP) is 1.29. The number of carboxylic acid groups (broad SMARTS) is 1. The Hall–Kier alpha value is -1.68. The normalized spacial score (nSPS) is 17.6. The zero-order chi connectivity index (χ0) is 18.3. The van der Waals surface area contributed by atoms with Gasteiger partial charge in [0.1, 0.15) is 0 Å². The van der Waals surface area contributed by atoms with Gasteiger partial charge in [0.2, 0.25) is 10.0 Å². The van der Waals surface area contributed by atoms with E-state index in [0.29, 0.717) is 31.9 Å². The minimum Gasteiger partial charge on any atom is -0.478 e. The molecule has 0 aromatic heterocycles. The van der Waals surface area contributed by atoms with Crippen molar-refractivity contribution >= 4 is 21.7 Å². The quantitative estimate of drug-likeness (QED) is 0.530. The number of aromatic carboxylic acids is 1. The van der Waals surface area contributed by atoms with Crippen LogP contribution in [0.15, 0.2) is 23.1 Å². The van der Waals surface area contributed by atoms with Gasteiger partial charge in [0.25, 0.3) is 0 Å². The zero-order valence-corrected chi connectivity index (χ0v) is 15.0. The molecule has 1 aliphatic heterocycles. The molecule has 1 aliphatic rings. The summed E-state index contributed by atoms with van der Waals surface area (Å²) in [6, 6.07) is 4.03. The molecule has 8 nitrogen and oxygen atoms in total. The lowest BCUT2D eigenvalue weighted by Gasteiger charge is -2.14. The van der Waals surface area contributed by atoms with E-state index >= 15 is 0 Å². The van der Waals surface area contributed by atoms with Crippen molar-refractivity contribution in [3.05, 3.63) is 23.8 Å². The van der Waals surface area contributed by atoms with E-state index < -0.39 is 16.0 Å². The standard InChI is InChI=1S/C16H24N2O6S/c1-23-8-3-7-17-15-6-5-13(10-14(15)16(19)20)25(21,22)18-11-12-4-2-9-24-12/h5-6,10,12,17-18H,2-4,7-9,11H2,1H3,(H,19,20)/t12-/m0/s1. The van der Waals surface area contributed by atoms with E-state index in [1.807, 2.05) is 0 Å². The molecule has 1 aromatic rings. The highest BCUT2D eigenvalue weighted by Crippen LogP contribution is 2.21. The number of ether oxygens (including phenoxy) is 2. The van der Waals surface area contributed by atoms with Gasteiger partial charge in [-0.05, 0) is 37.5 Å². The van der Waals surface area contributed by atoms with Gasteiger partial charge in [-0.1, -0.05) is 0 Å². The molecule has 1 saturated heterocycles. The summed E-state index contributed by atoms with van der Waals surface area (Å²) in [6.07, 6.45) is 2.31. The molecule has 2 rings (SSSR count). The van der Waals surface area contributed by atoms with Gasteiger partial charge >= 0.3 is 5.97 Å². The van der Waals surface area contributed by atoms with Gasteiger partial charge < -0.3 is 19.9 Å². The molecule has 140 valence electrons. The third-order valence-corrected chi connectivity index (χ3v) is 5.32. The first-order chi connectivity index (χ1) is 11.9. The molecule has 0 saturated carbocycles. The average molecular weight is 372 g/mol. The van der Waals surface area contributed by atoms with Crippen LogP contribution in [0.5, 0.6) is 0 Å². The van der Waals surface area contributed by atoms with E-state index in [1.165, 1.54) is 18.2 Å². The van der Waals surface area contributed by atoms with Crippen LogP contribution in [-0.4, -0.2) is 59.0 Å². The van der Waals surface area contributed by atoms with E-state index in [9.17, 15) is 18.3 Å². The second-order valence-corrected chi connectivity index (χ2v) is 7.54. The Morgan fingerprint density at radius 3 is 2.88 bits per heavy atom. The second kappa shape index (κ2) is 9.14. The largest absolute Gasteiger partial charge is 0.478 e. The summed E-state index contributed by atoms with van der Waals surface area (Å²) in [5.41, 5.74) is 0.291. The van der Waals surface area contributed by atoms with Gasteiger partial charge in [0, 0.05) is 39.1 Å². The van der Waals surface area contributed by atoms with Gasteiger partial charge in [-0.25, -0.2) is 17.9 Å². The molecule has 0 aliphatic carbocycles. The number of anilines is 1. The minimum atomic E-state index is -3.79. The third-order valence-electron chi connectivity index (χ3n) is 3.90. The van der Waals surface area contributed by atoms with Crippen LogP contribution in [0, 0.1) is 0 Å². The predicted molar refractivity (Wildman–Crippen MR) is 92.5 cm³/mol. The fraction of sp³-hybridized carbons (Fsp3) is 0.562. The maximum atomic E-state index is 12.4. The monoisotopic (exact) mass is 372 g/mol. The summed E-state index contributed by atoms with van der Waals surface area (Å²) < 4.78 is 37.6. The highest BCUT2D eigenvalue weighted by atomic mass is 32.2.